The molecule has 2 unspecified atom stereocenters. The van der Waals surface area contributed by atoms with Gasteiger partial charge < -0.3 is 20.5 Å². The molecular formula is C20H32N2O3. The second-order valence-corrected chi connectivity index (χ2v) is 7.22. The van der Waals surface area contributed by atoms with Crippen molar-refractivity contribution in [3.05, 3.63) is 35.4 Å². The standard InChI is InChI=1S/C20H32N2O3/c1-4-15(2)18(23)13-21-19(24)22-14-20(9-11-25-12-10-20)17-8-6-5-7-16(17)3/h5-8,15,18,23H,4,9-14H2,1-3H3,(H2,21,22,24). The summed E-state index contributed by atoms with van der Waals surface area (Å²) in [6.45, 7) is 8.42. The smallest absolute Gasteiger partial charge is 0.314 e. The molecule has 3 N–H and O–H groups in total. The lowest BCUT2D eigenvalue weighted by atomic mass is 9.72. The molecule has 1 saturated heterocycles. The van der Waals surface area contributed by atoms with Crippen LogP contribution in [-0.4, -0.2) is 43.5 Å². The number of hydrogen-bond acceptors (Lipinski definition) is 3. The fourth-order valence-corrected chi connectivity index (χ4v) is 3.45. The molecule has 2 rings (SSSR count). The maximum atomic E-state index is 12.2. The zero-order valence-corrected chi connectivity index (χ0v) is 15.7. The highest BCUT2D eigenvalue weighted by Gasteiger charge is 2.35. The third kappa shape index (κ3) is 5.19. The molecule has 1 aromatic carbocycles. The number of urea groups is 1. The Hall–Kier alpha value is -1.59. The fourth-order valence-electron chi connectivity index (χ4n) is 3.45. The molecule has 25 heavy (non-hydrogen) atoms. The molecule has 0 bridgehead atoms. The number of aliphatic hydroxyl groups excluding tert-OH is 1. The molecule has 2 amide bonds. The number of amides is 2. The summed E-state index contributed by atoms with van der Waals surface area (Å²) in [5, 5.41) is 15.8. The number of benzene rings is 1. The highest BCUT2D eigenvalue weighted by Crippen LogP contribution is 2.36. The average Bonchev–Trinajstić information content (AvgIpc) is 2.64. The maximum absolute atomic E-state index is 12.2. The van der Waals surface area contributed by atoms with Gasteiger partial charge in [-0.2, -0.15) is 0 Å². The lowest BCUT2D eigenvalue weighted by Gasteiger charge is -2.39. The summed E-state index contributed by atoms with van der Waals surface area (Å²) in [6.07, 6.45) is 2.17. The lowest BCUT2D eigenvalue weighted by Crippen LogP contribution is -2.49. The predicted octanol–water partition coefficient (Wildman–Crippen LogP) is 2.75. The minimum Gasteiger partial charge on any atom is -0.391 e. The molecule has 0 aromatic heterocycles. The summed E-state index contributed by atoms with van der Waals surface area (Å²) in [7, 11) is 0. The zero-order valence-electron chi connectivity index (χ0n) is 15.7. The first kappa shape index (κ1) is 19.7. The van der Waals surface area contributed by atoms with Crippen LogP contribution in [0, 0.1) is 12.8 Å². The van der Waals surface area contributed by atoms with Gasteiger partial charge in [0.2, 0.25) is 0 Å². The molecule has 5 heteroatoms. The van der Waals surface area contributed by atoms with Crippen LogP contribution >= 0.6 is 0 Å². The maximum Gasteiger partial charge on any atom is 0.314 e. The molecule has 1 heterocycles. The monoisotopic (exact) mass is 348 g/mol. The second-order valence-electron chi connectivity index (χ2n) is 7.22. The van der Waals surface area contributed by atoms with Gasteiger partial charge in [0.15, 0.2) is 0 Å². The van der Waals surface area contributed by atoms with Crippen molar-refractivity contribution in [3.63, 3.8) is 0 Å². The largest absolute Gasteiger partial charge is 0.391 e. The number of rotatable bonds is 7. The number of nitrogens with one attached hydrogen (secondary N) is 2. The molecular weight excluding hydrogens is 316 g/mol. The van der Waals surface area contributed by atoms with Gasteiger partial charge in [-0.05, 0) is 36.8 Å². The van der Waals surface area contributed by atoms with Crippen LogP contribution in [0.25, 0.3) is 0 Å². The van der Waals surface area contributed by atoms with Crippen molar-refractivity contribution in [2.75, 3.05) is 26.3 Å². The van der Waals surface area contributed by atoms with E-state index in [-0.39, 0.29) is 23.9 Å². The van der Waals surface area contributed by atoms with E-state index in [1.165, 1.54) is 11.1 Å². The number of aliphatic hydroxyl groups is 1. The van der Waals surface area contributed by atoms with E-state index in [4.69, 9.17) is 4.74 Å². The number of ether oxygens (including phenoxy) is 1. The van der Waals surface area contributed by atoms with Gasteiger partial charge in [-0.3, -0.25) is 0 Å². The molecule has 140 valence electrons. The minimum atomic E-state index is -0.510. The summed E-state index contributed by atoms with van der Waals surface area (Å²) in [5.74, 6) is 0.175. The summed E-state index contributed by atoms with van der Waals surface area (Å²) in [5.41, 5.74) is 2.45. The van der Waals surface area contributed by atoms with Crippen LogP contribution in [0.1, 0.15) is 44.2 Å². The predicted molar refractivity (Wildman–Crippen MR) is 99.8 cm³/mol. The van der Waals surface area contributed by atoms with Crippen LogP contribution in [0.5, 0.6) is 0 Å². The van der Waals surface area contributed by atoms with E-state index in [0.717, 1.165) is 19.3 Å². The molecule has 0 spiro atoms. The summed E-state index contributed by atoms with van der Waals surface area (Å²) >= 11 is 0. The molecule has 1 aromatic rings. The highest BCUT2D eigenvalue weighted by atomic mass is 16.5. The van der Waals surface area contributed by atoms with Crippen LogP contribution in [0.15, 0.2) is 24.3 Å². The van der Waals surface area contributed by atoms with E-state index in [1.54, 1.807) is 0 Å². The molecule has 1 fully saturated rings. The van der Waals surface area contributed by atoms with Crippen molar-refractivity contribution >= 4 is 6.03 Å². The molecule has 0 aliphatic carbocycles. The number of carbonyl (C=O) groups is 1. The van der Waals surface area contributed by atoms with E-state index < -0.39 is 6.10 Å². The first-order valence-electron chi connectivity index (χ1n) is 9.32. The van der Waals surface area contributed by atoms with Crippen molar-refractivity contribution in [1.29, 1.82) is 0 Å². The van der Waals surface area contributed by atoms with Gasteiger partial charge >= 0.3 is 6.03 Å². The van der Waals surface area contributed by atoms with E-state index in [0.29, 0.717) is 19.8 Å². The summed E-state index contributed by atoms with van der Waals surface area (Å²) in [6, 6.07) is 8.16. The van der Waals surface area contributed by atoms with E-state index in [1.807, 2.05) is 19.9 Å². The fraction of sp³-hybridized carbons (Fsp3) is 0.650. The topological polar surface area (TPSA) is 70.6 Å². The Labute approximate surface area is 151 Å². The summed E-state index contributed by atoms with van der Waals surface area (Å²) in [4.78, 5) is 12.2. The van der Waals surface area contributed by atoms with Gasteiger partial charge in [-0.1, -0.05) is 44.5 Å². The Morgan fingerprint density at radius 3 is 2.60 bits per heavy atom. The average molecular weight is 348 g/mol. The molecule has 2 atom stereocenters. The molecule has 5 nitrogen and oxygen atoms in total. The van der Waals surface area contributed by atoms with Crippen LogP contribution in [0.3, 0.4) is 0 Å². The van der Waals surface area contributed by atoms with Gasteiger partial charge in [0.05, 0.1) is 6.10 Å². The van der Waals surface area contributed by atoms with E-state index in [9.17, 15) is 9.90 Å². The van der Waals surface area contributed by atoms with E-state index >= 15 is 0 Å². The minimum absolute atomic E-state index is 0.0870. The Morgan fingerprint density at radius 1 is 1.28 bits per heavy atom. The first-order chi connectivity index (χ1) is 12.0. The van der Waals surface area contributed by atoms with Crippen molar-refractivity contribution in [3.8, 4) is 0 Å². The summed E-state index contributed by atoms with van der Waals surface area (Å²) < 4.78 is 5.55. The number of hydrogen-bond donors (Lipinski definition) is 3. The normalized spacial score (nSPS) is 19.0. The second kappa shape index (κ2) is 9.20. The van der Waals surface area contributed by atoms with Gasteiger partial charge in [0.1, 0.15) is 0 Å². The molecule has 1 aliphatic heterocycles. The van der Waals surface area contributed by atoms with Crippen LogP contribution < -0.4 is 10.6 Å². The van der Waals surface area contributed by atoms with Crippen LogP contribution in [0.4, 0.5) is 4.79 Å². The number of carbonyl (C=O) groups excluding carboxylic acids is 1. The van der Waals surface area contributed by atoms with Crippen LogP contribution in [-0.2, 0) is 10.2 Å². The van der Waals surface area contributed by atoms with Crippen molar-refractivity contribution in [2.24, 2.45) is 5.92 Å². The molecule has 0 saturated carbocycles. The zero-order chi connectivity index (χ0) is 18.3. The molecule has 1 aliphatic rings. The Balaban J connectivity index is 1.97. The van der Waals surface area contributed by atoms with Gasteiger partial charge in [0, 0.05) is 31.7 Å². The lowest BCUT2D eigenvalue weighted by molar-refractivity contribution is 0.0504. The SMILES string of the molecule is CCC(C)C(O)CNC(=O)NCC1(c2ccccc2C)CCOCC1. The van der Waals surface area contributed by atoms with Crippen molar-refractivity contribution in [1.82, 2.24) is 10.6 Å². The Kier molecular flexibility index (Phi) is 7.26. The van der Waals surface area contributed by atoms with Crippen LogP contribution in [0.2, 0.25) is 0 Å². The van der Waals surface area contributed by atoms with Crippen molar-refractivity contribution < 1.29 is 14.6 Å². The van der Waals surface area contributed by atoms with E-state index in [2.05, 4.69) is 35.8 Å². The third-order valence-electron chi connectivity index (χ3n) is 5.53. The number of aryl methyl sites for hydroxylation is 1. The van der Waals surface area contributed by atoms with Gasteiger partial charge in [0.25, 0.3) is 0 Å². The molecule has 0 radical (unpaired) electrons. The highest BCUT2D eigenvalue weighted by molar-refractivity contribution is 5.74. The van der Waals surface area contributed by atoms with Gasteiger partial charge in [-0.25, -0.2) is 4.79 Å². The Bertz CT molecular complexity index is 556. The first-order valence-corrected chi connectivity index (χ1v) is 9.32. The third-order valence-corrected chi connectivity index (χ3v) is 5.53. The van der Waals surface area contributed by atoms with Gasteiger partial charge in [-0.15, -0.1) is 0 Å². The van der Waals surface area contributed by atoms with Crippen molar-refractivity contribution in [2.45, 2.75) is 51.6 Å². The Morgan fingerprint density at radius 2 is 1.96 bits per heavy atom. The quantitative estimate of drug-likeness (QED) is 0.709.